The summed E-state index contributed by atoms with van der Waals surface area (Å²) in [4.78, 5) is 20.2. The number of hydrogen-bond acceptors (Lipinski definition) is 6. The topological polar surface area (TPSA) is 92.1 Å². The predicted molar refractivity (Wildman–Crippen MR) is 139 cm³/mol. The average Bonchev–Trinajstić information content (AvgIpc) is 2.91. The fourth-order valence-corrected chi connectivity index (χ4v) is 3.96. The molecule has 7 nitrogen and oxygen atoms in total. The van der Waals surface area contributed by atoms with Crippen molar-refractivity contribution >= 4 is 28.2 Å². The number of pyridine rings is 1. The van der Waals surface area contributed by atoms with Gasteiger partial charge in [0.25, 0.3) is 0 Å². The van der Waals surface area contributed by atoms with Crippen LogP contribution in [0, 0.1) is 0 Å². The lowest BCUT2D eigenvalue weighted by Gasteiger charge is -2.15. The van der Waals surface area contributed by atoms with Crippen LogP contribution >= 0.6 is 0 Å². The van der Waals surface area contributed by atoms with Gasteiger partial charge in [-0.05, 0) is 52.6 Å². The average molecular weight is 462 g/mol. The zero-order valence-corrected chi connectivity index (χ0v) is 18.8. The first-order valence-electron chi connectivity index (χ1n) is 11.1. The third kappa shape index (κ3) is 4.60. The highest BCUT2D eigenvalue weighted by Crippen LogP contribution is 2.28. The first-order chi connectivity index (χ1) is 17.1. The summed E-state index contributed by atoms with van der Waals surface area (Å²) in [7, 11) is 0. The molecule has 35 heavy (non-hydrogen) atoms. The SMILES string of the molecule is C=C(Nc1ccccc1)c1cccc(-c2ccccc2CNc2nc(=O)n(O)c3ncccc23)c1. The summed E-state index contributed by atoms with van der Waals surface area (Å²) in [6.45, 7) is 4.63. The van der Waals surface area contributed by atoms with E-state index < -0.39 is 5.69 Å². The second kappa shape index (κ2) is 9.52. The number of fused-ring (bicyclic) bond motifs is 1. The van der Waals surface area contributed by atoms with Crippen LogP contribution in [0.15, 0.2) is 109 Å². The van der Waals surface area contributed by atoms with E-state index in [-0.39, 0.29) is 5.65 Å². The Morgan fingerprint density at radius 1 is 0.943 bits per heavy atom. The molecule has 3 aromatic carbocycles. The van der Waals surface area contributed by atoms with Gasteiger partial charge in [-0.15, -0.1) is 4.73 Å². The van der Waals surface area contributed by atoms with Gasteiger partial charge in [0.1, 0.15) is 5.82 Å². The molecule has 0 aliphatic heterocycles. The second-order valence-electron chi connectivity index (χ2n) is 7.99. The second-order valence-corrected chi connectivity index (χ2v) is 7.99. The van der Waals surface area contributed by atoms with Gasteiger partial charge in [0.05, 0.1) is 5.39 Å². The van der Waals surface area contributed by atoms with Gasteiger partial charge in [0.15, 0.2) is 5.65 Å². The lowest BCUT2D eigenvalue weighted by atomic mass is 9.97. The number of aromatic nitrogens is 3. The summed E-state index contributed by atoms with van der Waals surface area (Å²) >= 11 is 0. The Hall–Kier alpha value is -4.91. The van der Waals surface area contributed by atoms with Gasteiger partial charge in [-0.1, -0.05) is 67.2 Å². The molecule has 172 valence electrons. The summed E-state index contributed by atoms with van der Waals surface area (Å²) in [5, 5.41) is 17.1. The minimum atomic E-state index is -0.788. The minimum Gasteiger partial charge on any atom is -0.422 e. The number of hydrogen-bond donors (Lipinski definition) is 3. The molecule has 0 aliphatic carbocycles. The Bertz CT molecular complexity index is 1580. The van der Waals surface area contributed by atoms with Crippen molar-refractivity contribution in [2.75, 3.05) is 10.6 Å². The van der Waals surface area contributed by atoms with E-state index in [1.165, 1.54) is 6.20 Å². The van der Waals surface area contributed by atoms with Crippen molar-refractivity contribution in [3.8, 4) is 11.1 Å². The Balaban J connectivity index is 1.42. The highest BCUT2D eigenvalue weighted by molar-refractivity contribution is 5.86. The molecule has 7 heteroatoms. The molecular weight excluding hydrogens is 438 g/mol. The van der Waals surface area contributed by atoms with Crippen LogP contribution < -0.4 is 16.3 Å². The van der Waals surface area contributed by atoms with Crippen LogP contribution in [-0.4, -0.2) is 19.9 Å². The molecule has 0 amide bonds. The minimum absolute atomic E-state index is 0.153. The highest BCUT2D eigenvalue weighted by atomic mass is 16.5. The van der Waals surface area contributed by atoms with Crippen LogP contribution in [0.4, 0.5) is 11.5 Å². The largest absolute Gasteiger partial charge is 0.422 e. The molecule has 3 N–H and O–H groups in total. The molecule has 0 bridgehead atoms. The number of para-hydroxylation sites is 1. The molecule has 5 aromatic rings. The molecule has 0 fully saturated rings. The predicted octanol–water partition coefficient (Wildman–Crippen LogP) is 5.39. The van der Waals surface area contributed by atoms with Crippen LogP contribution in [-0.2, 0) is 6.54 Å². The molecule has 2 heterocycles. The number of nitrogens with one attached hydrogen (secondary N) is 2. The molecule has 0 saturated heterocycles. The van der Waals surface area contributed by atoms with E-state index in [4.69, 9.17) is 0 Å². The van der Waals surface area contributed by atoms with Crippen molar-refractivity contribution in [2.45, 2.75) is 6.54 Å². The van der Waals surface area contributed by atoms with Crippen molar-refractivity contribution in [3.05, 3.63) is 125 Å². The van der Waals surface area contributed by atoms with Gasteiger partial charge in [-0.25, -0.2) is 9.78 Å². The van der Waals surface area contributed by atoms with E-state index >= 15 is 0 Å². The number of rotatable bonds is 7. The third-order valence-corrected chi connectivity index (χ3v) is 5.69. The van der Waals surface area contributed by atoms with E-state index in [0.29, 0.717) is 22.5 Å². The van der Waals surface area contributed by atoms with Gasteiger partial charge in [0.2, 0.25) is 0 Å². The van der Waals surface area contributed by atoms with E-state index in [2.05, 4.69) is 45.4 Å². The van der Waals surface area contributed by atoms with E-state index in [0.717, 1.165) is 33.6 Å². The summed E-state index contributed by atoms with van der Waals surface area (Å²) in [5.41, 5.74) is 5.25. The van der Waals surface area contributed by atoms with Crippen molar-refractivity contribution in [1.82, 2.24) is 14.7 Å². The monoisotopic (exact) mass is 461 g/mol. The molecule has 5 rings (SSSR count). The fourth-order valence-electron chi connectivity index (χ4n) is 3.96. The standard InChI is InChI=1S/C28H23N5O2/c1-19(31-23-12-3-2-4-13-23)20-10-7-11-21(17-20)24-14-6-5-9-22(24)18-30-26-25-15-8-16-29-27(25)33(35)28(34)32-26/h2-17,31,35H,1,18H2,(H,30,32,34). The van der Waals surface area contributed by atoms with Crippen LogP contribution in [0.5, 0.6) is 0 Å². The van der Waals surface area contributed by atoms with E-state index in [9.17, 15) is 10.0 Å². The molecule has 0 unspecified atom stereocenters. The normalized spacial score (nSPS) is 10.7. The highest BCUT2D eigenvalue weighted by Gasteiger charge is 2.12. The lowest BCUT2D eigenvalue weighted by Crippen LogP contribution is -2.23. The number of benzene rings is 3. The van der Waals surface area contributed by atoms with Gasteiger partial charge in [-0.3, -0.25) is 0 Å². The van der Waals surface area contributed by atoms with Crippen molar-refractivity contribution in [1.29, 1.82) is 0 Å². The molecular formula is C28H23N5O2. The molecule has 0 spiro atoms. The molecule has 0 aliphatic rings. The Morgan fingerprint density at radius 3 is 2.60 bits per heavy atom. The van der Waals surface area contributed by atoms with Crippen LogP contribution in [0.25, 0.3) is 27.9 Å². The number of anilines is 2. The fraction of sp³-hybridized carbons (Fsp3) is 0.0357. The maximum Gasteiger partial charge on any atom is 0.384 e. The summed E-state index contributed by atoms with van der Waals surface area (Å²) in [6.07, 6.45) is 1.51. The smallest absolute Gasteiger partial charge is 0.384 e. The number of nitrogens with zero attached hydrogens (tertiary/aromatic N) is 3. The zero-order chi connectivity index (χ0) is 24.2. The van der Waals surface area contributed by atoms with Gasteiger partial charge < -0.3 is 15.8 Å². The van der Waals surface area contributed by atoms with E-state index in [1.54, 1.807) is 12.1 Å². The first kappa shape index (κ1) is 21.9. The third-order valence-electron chi connectivity index (χ3n) is 5.69. The van der Waals surface area contributed by atoms with Crippen LogP contribution in [0.1, 0.15) is 11.1 Å². The summed E-state index contributed by atoms with van der Waals surface area (Å²) in [6, 6.07) is 29.7. The maximum atomic E-state index is 12.1. The Labute approximate surface area is 202 Å². The van der Waals surface area contributed by atoms with Gasteiger partial charge >= 0.3 is 5.69 Å². The van der Waals surface area contributed by atoms with Gasteiger partial charge in [0, 0.05) is 24.1 Å². The van der Waals surface area contributed by atoms with E-state index in [1.807, 2.05) is 60.7 Å². The Morgan fingerprint density at radius 2 is 1.74 bits per heavy atom. The van der Waals surface area contributed by atoms with Crippen molar-refractivity contribution < 1.29 is 5.21 Å². The van der Waals surface area contributed by atoms with Gasteiger partial charge in [-0.2, -0.15) is 4.98 Å². The molecule has 2 aromatic heterocycles. The first-order valence-corrected chi connectivity index (χ1v) is 11.1. The summed E-state index contributed by atoms with van der Waals surface area (Å²) in [5.74, 6) is 0.368. The Kier molecular flexibility index (Phi) is 5.96. The quantitative estimate of drug-likeness (QED) is 0.282. The van der Waals surface area contributed by atoms with Crippen LogP contribution in [0.3, 0.4) is 0 Å². The van der Waals surface area contributed by atoms with Crippen molar-refractivity contribution in [3.63, 3.8) is 0 Å². The molecule has 0 radical (unpaired) electrons. The maximum absolute atomic E-state index is 12.1. The molecule has 0 saturated carbocycles. The zero-order valence-electron chi connectivity index (χ0n) is 18.8. The lowest BCUT2D eigenvalue weighted by molar-refractivity contribution is 0.182. The molecule has 0 atom stereocenters. The van der Waals surface area contributed by atoms with Crippen LogP contribution in [0.2, 0.25) is 0 Å². The summed E-state index contributed by atoms with van der Waals surface area (Å²) < 4.78 is 0.455. The van der Waals surface area contributed by atoms with Crippen molar-refractivity contribution in [2.24, 2.45) is 0 Å².